The summed E-state index contributed by atoms with van der Waals surface area (Å²) in [7, 11) is 1.59. The topological polar surface area (TPSA) is 60.0 Å². The minimum atomic E-state index is -0.116. The SMILES string of the molecule is CCOc1cc(C(=O)NCC(C)(C)N2CCOCC2)ccc1OC. The highest BCUT2D eigenvalue weighted by atomic mass is 16.5. The molecule has 1 aromatic rings. The van der Waals surface area contributed by atoms with Crippen molar-refractivity contribution in [1.29, 1.82) is 0 Å². The van der Waals surface area contributed by atoms with Crippen LogP contribution in [0.2, 0.25) is 0 Å². The third-order valence-electron chi connectivity index (χ3n) is 4.27. The molecule has 0 unspecified atom stereocenters. The molecule has 1 amide bonds. The van der Waals surface area contributed by atoms with Crippen LogP contribution in [0.25, 0.3) is 0 Å². The molecule has 6 nitrogen and oxygen atoms in total. The molecular formula is C18H28N2O4. The van der Waals surface area contributed by atoms with E-state index in [-0.39, 0.29) is 11.4 Å². The van der Waals surface area contributed by atoms with Gasteiger partial charge in [0, 0.05) is 30.7 Å². The van der Waals surface area contributed by atoms with Gasteiger partial charge in [0.1, 0.15) is 0 Å². The Balaban J connectivity index is 2.00. The largest absolute Gasteiger partial charge is 0.493 e. The molecular weight excluding hydrogens is 308 g/mol. The lowest BCUT2D eigenvalue weighted by Gasteiger charge is -2.40. The number of hydrogen-bond acceptors (Lipinski definition) is 5. The number of methoxy groups -OCH3 is 1. The van der Waals surface area contributed by atoms with Crippen molar-refractivity contribution in [3.05, 3.63) is 23.8 Å². The predicted octanol–water partition coefficient (Wildman–Crippen LogP) is 1.93. The van der Waals surface area contributed by atoms with Gasteiger partial charge in [0.2, 0.25) is 0 Å². The number of ether oxygens (including phenoxy) is 3. The van der Waals surface area contributed by atoms with E-state index in [0.717, 1.165) is 26.3 Å². The summed E-state index contributed by atoms with van der Waals surface area (Å²) < 4.78 is 16.2. The molecule has 1 fully saturated rings. The maximum absolute atomic E-state index is 12.5. The predicted molar refractivity (Wildman–Crippen MR) is 93.0 cm³/mol. The minimum Gasteiger partial charge on any atom is -0.493 e. The van der Waals surface area contributed by atoms with Gasteiger partial charge in [-0.3, -0.25) is 9.69 Å². The summed E-state index contributed by atoms with van der Waals surface area (Å²) in [6.07, 6.45) is 0. The Hall–Kier alpha value is -1.79. The van der Waals surface area contributed by atoms with Crippen LogP contribution in [0, 0.1) is 0 Å². The minimum absolute atomic E-state index is 0.111. The Morgan fingerprint density at radius 3 is 2.62 bits per heavy atom. The average Bonchev–Trinajstić information content (AvgIpc) is 2.60. The van der Waals surface area contributed by atoms with Crippen molar-refractivity contribution in [3.63, 3.8) is 0 Å². The van der Waals surface area contributed by atoms with Gasteiger partial charge in [-0.2, -0.15) is 0 Å². The Kier molecular flexibility index (Phi) is 6.45. The van der Waals surface area contributed by atoms with E-state index >= 15 is 0 Å². The fraction of sp³-hybridized carbons (Fsp3) is 0.611. The Labute approximate surface area is 144 Å². The lowest BCUT2D eigenvalue weighted by atomic mass is 10.0. The van der Waals surface area contributed by atoms with Crippen molar-refractivity contribution < 1.29 is 19.0 Å². The van der Waals surface area contributed by atoms with Gasteiger partial charge in [0.15, 0.2) is 11.5 Å². The first-order chi connectivity index (χ1) is 11.5. The van der Waals surface area contributed by atoms with Gasteiger partial charge in [0.05, 0.1) is 26.9 Å². The van der Waals surface area contributed by atoms with Crippen LogP contribution in [0.15, 0.2) is 18.2 Å². The van der Waals surface area contributed by atoms with Crippen LogP contribution in [-0.2, 0) is 4.74 Å². The van der Waals surface area contributed by atoms with Crippen LogP contribution < -0.4 is 14.8 Å². The number of nitrogens with zero attached hydrogens (tertiary/aromatic N) is 1. The number of carbonyl (C=O) groups excluding carboxylic acids is 1. The molecule has 6 heteroatoms. The van der Waals surface area contributed by atoms with Crippen LogP contribution in [-0.4, -0.2) is 62.9 Å². The number of benzene rings is 1. The molecule has 1 aliphatic heterocycles. The average molecular weight is 336 g/mol. The van der Waals surface area contributed by atoms with Crippen LogP contribution in [0.4, 0.5) is 0 Å². The molecule has 1 N–H and O–H groups in total. The molecule has 134 valence electrons. The van der Waals surface area contributed by atoms with E-state index in [2.05, 4.69) is 24.1 Å². The van der Waals surface area contributed by atoms with Gasteiger partial charge >= 0.3 is 0 Å². The Bertz CT molecular complexity index is 554. The van der Waals surface area contributed by atoms with E-state index in [9.17, 15) is 4.79 Å². The van der Waals surface area contributed by atoms with Crippen LogP contribution in [0.1, 0.15) is 31.1 Å². The van der Waals surface area contributed by atoms with Crippen LogP contribution in [0.5, 0.6) is 11.5 Å². The third-order valence-corrected chi connectivity index (χ3v) is 4.27. The standard InChI is InChI=1S/C18H28N2O4/c1-5-24-16-12-14(6-7-15(16)22-4)17(21)19-13-18(2,3)20-8-10-23-11-9-20/h6-7,12H,5,8-11,13H2,1-4H3,(H,19,21). The molecule has 1 aromatic carbocycles. The summed E-state index contributed by atoms with van der Waals surface area (Å²) in [5.41, 5.74) is 0.450. The lowest BCUT2D eigenvalue weighted by Crippen LogP contribution is -2.55. The van der Waals surface area contributed by atoms with E-state index in [1.807, 2.05) is 6.92 Å². The summed E-state index contributed by atoms with van der Waals surface area (Å²) in [6, 6.07) is 5.23. The maximum Gasteiger partial charge on any atom is 0.251 e. The van der Waals surface area contributed by atoms with Crippen molar-refractivity contribution >= 4 is 5.91 Å². The molecule has 0 aliphatic carbocycles. The van der Waals surface area contributed by atoms with Crippen molar-refractivity contribution in [2.45, 2.75) is 26.3 Å². The molecule has 0 bridgehead atoms. The Morgan fingerprint density at radius 1 is 1.29 bits per heavy atom. The van der Waals surface area contributed by atoms with Crippen molar-refractivity contribution in [1.82, 2.24) is 10.2 Å². The van der Waals surface area contributed by atoms with E-state index < -0.39 is 0 Å². The lowest BCUT2D eigenvalue weighted by molar-refractivity contribution is -0.00923. The molecule has 1 aliphatic rings. The second-order valence-corrected chi connectivity index (χ2v) is 6.39. The summed E-state index contributed by atoms with van der Waals surface area (Å²) in [5, 5.41) is 3.03. The number of rotatable bonds is 7. The number of hydrogen-bond donors (Lipinski definition) is 1. The second-order valence-electron chi connectivity index (χ2n) is 6.39. The van der Waals surface area contributed by atoms with Crippen molar-refractivity contribution in [3.8, 4) is 11.5 Å². The van der Waals surface area contributed by atoms with Crippen molar-refractivity contribution in [2.24, 2.45) is 0 Å². The number of nitrogens with one attached hydrogen (secondary N) is 1. The first-order valence-corrected chi connectivity index (χ1v) is 8.39. The fourth-order valence-corrected chi connectivity index (χ4v) is 2.77. The van der Waals surface area contributed by atoms with Gasteiger partial charge in [-0.05, 0) is 39.0 Å². The normalized spacial score (nSPS) is 15.8. The summed E-state index contributed by atoms with van der Waals surface area (Å²) >= 11 is 0. The van der Waals surface area contributed by atoms with Gasteiger partial charge in [0.25, 0.3) is 5.91 Å². The summed E-state index contributed by atoms with van der Waals surface area (Å²) in [6.45, 7) is 10.5. The fourth-order valence-electron chi connectivity index (χ4n) is 2.77. The zero-order chi connectivity index (χ0) is 17.6. The first kappa shape index (κ1) is 18.5. The number of amides is 1. The maximum atomic E-state index is 12.5. The summed E-state index contributed by atoms with van der Waals surface area (Å²) in [5.74, 6) is 1.10. The molecule has 1 saturated heterocycles. The summed E-state index contributed by atoms with van der Waals surface area (Å²) in [4.78, 5) is 14.8. The van der Waals surface area contributed by atoms with Gasteiger partial charge in [-0.25, -0.2) is 0 Å². The highest BCUT2D eigenvalue weighted by Crippen LogP contribution is 2.28. The van der Waals surface area contributed by atoms with E-state index in [1.165, 1.54) is 0 Å². The molecule has 24 heavy (non-hydrogen) atoms. The highest BCUT2D eigenvalue weighted by molar-refractivity contribution is 5.94. The van der Waals surface area contributed by atoms with Crippen molar-refractivity contribution in [2.75, 3.05) is 46.6 Å². The highest BCUT2D eigenvalue weighted by Gasteiger charge is 2.28. The molecule has 2 rings (SSSR count). The van der Waals surface area contributed by atoms with Gasteiger partial charge in [-0.1, -0.05) is 0 Å². The number of carbonyl (C=O) groups is 1. The first-order valence-electron chi connectivity index (χ1n) is 8.39. The van der Waals surface area contributed by atoms with E-state index in [0.29, 0.717) is 30.2 Å². The van der Waals surface area contributed by atoms with E-state index in [4.69, 9.17) is 14.2 Å². The zero-order valence-electron chi connectivity index (χ0n) is 15.1. The van der Waals surface area contributed by atoms with Crippen LogP contribution >= 0.6 is 0 Å². The van der Waals surface area contributed by atoms with Gasteiger partial charge < -0.3 is 19.5 Å². The third kappa shape index (κ3) is 4.61. The smallest absolute Gasteiger partial charge is 0.251 e. The molecule has 0 saturated carbocycles. The zero-order valence-corrected chi connectivity index (χ0v) is 15.1. The molecule has 0 aromatic heterocycles. The Morgan fingerprint density at radius 2 is 2.00 bits per heavy atom. The number of morpholine rings is 1. The molecule has 1 heterocycles. The monoisotopic (exact) mass is 336 g/mol. The molecule has 0 radical (unpaired) electrons. The van der Waals surface area contributed by atoms with Crippen LogP contribution in [0.3, 0.4) is 0 Å². The second kappa shape index (κ2) is 8.35. The molecule has 0 spiro atoms. The van der Waals surface area contributed by atoms with Gasteiger partial charge in [-0.15, -0.1) is 0 Å². The quantitative estimate of drug-likeness (QED) is 0.824. The van der Waals surface area contributed by atoms with E-state index in [1.54, 1.807) is 25.3 Å². The molecule has 0 atom stereocenters.